The van der Waals surface area contributed by atoms with E-state index in [4.69, 9.17) is 0 Å². The lowest BCUT2D eigenvalue weighted by Crippen LogP contribution is -2.50. The molecule has 1 aliphatic heterocycles. The second-order valence-corrected chi connectivity index (χ2v) is 9.12. The Morgan fingerprint density at radius 1 is 1.13 bits per heavy atom. The van der Waals surface area contributed by atoms with E-state index in [-0.39, 0.29) is 23.2 Å². The molecule has 0 radical (unpaired) electrons. The monoisotopic (exact) mass is 437 g/mol. The molecule has 6 nitrogen and oxygen atoms in total. The number of thioether (sulfide) groups is 1. The third-order valence-electron chi connectivity index (χ3n) is 5.67. The highest BCUT2D eigenvalue weighted by atomic mass is 32.2. The molecule has 160 valence electrons. The van der Waals surface area contributed by atoms with Crippen molar-refractivity contribution < 1.29 is 18.0 Å². The van der Waals surface area contributed by atoms with Crippen LogP contribution in [0.25, 0.3) is 0 Å². The summed E-state index contributed by atoms with van der Waals surface area (Å²) in [6.45, 7) is 3.68. The van der Waals surface area contributed by atoms with Crippen LogP contribution in [0.4, 0.5) is 30.6 Å². The number of aryl methyl sites for hydroxylation is 1. The second-order valence-electron chi connectivity index (χ2n) is 7.74. The SMILES string of the molecule is Cc1nc(N[C@H]2C[C@@H](Sc3cc(F)c(F)c(F)c3)C2)nc2c1N(C)C(=O)[C@H](C)N2C. The van der Waals surface area contributed by atoms with Gasteiger partial charge in [-0.3, -0.25) is 4.79 Å². The number of carbonyl (C=O) groups excluding carboxylic acids is 1. The Morgan fingerprint density at radius 2 is 1.77 bits per heavy atom. The van der Waals surface area contributed by atoms with Crippen molar-refractivity contribution in [2.45, 2.75) is 48.9 Å². The summed E-state index contributed by atoms with van der Waals surface area (Å²) in [7, 11) is 3.56. The van der Waals surface area contributed by atoms with E-state index in [1.54, 1.807) is 11.9 Å². The van der Waals surface area contributed by atoms with E-state index in [9.17, 15) is 18.0 Å². The summed E-state index contributed by atoms with van der Waals surface area (Å²) in [5.41, 5.74) is 1.41. The fraction of sp³-hybridized carbons (Fsp3) is 0.450. The molecule has 1 N–H and O–H groups in total. The molecule has 1 atom stereocenters. The lowest BCUT2D eigenvalue weighted by atomic mass is 9.92. The van der Waals surface area contributed by atoms with Crippen molar-refractivity contribution in [3.8, 4) is 0 Å². The fourth-order valence-electron chi connectivity index (χ4n) is 3.75. The summed E-state index contributed by atoms with van der Waals surface area (Å²) >= 11 is 1.33. The number of hydrogen-bond acceptors (Lipinski definition) is 6. The molecule has 1 amide bonds. The first-order chi connectivity index (χ1) is 14.2. The molecule has 1 aromatic heterocycles. The molecule has 0 bridgehead atoms. The molecule has 30 heavy (non-hydrogen) atoms. The van der Waals surface area contributed by atoms with Crippen LogP contribution >= 0.6 is 11.8 Å². The zero-order valence-corrected chi connectivity index (χ0v) is 17.9. The molecule has 1 aliphatic carbocycles. The smallest absolute Gasteiger partial charge is 0.249 e. The summed E-state index contributed by atoms with van der Waals surface area (Å²) in [6.07, 6.45) is 1.52. The largest absolute Gasteiger partial charge is 0.351 e. The number of benzene rings is 1. The molecule has 4 rings (SSSR count). The van der Waals surface area contributed by atoms with Crippen LogP contribution in [0.5, 0.6) is 0 Å². The van der Waals surface area contributed by atoms with Gasteiger partial charge in [-0.25, -0.2) is 18.2 Å². The minimum absolute atomic E-state index is 0.00932. The van der Waals surface area contributed by atoms with Gasteiger partial charge in [-0.1, -0.05) is 0 Å². The molecule has 2 heterocycles. The van der Waals surface area contributed by atoms with E-state index in [0.717, 1.165) is 25.0 Å². The summed E-state index contributed by atoms with van der Waals surface area (Å²) < 4.78 is 39.8. The molecule has 2 aromatic rings. The summed E-state index contributed by atoms with van der Waals surface area (Å²) in [5.74, 6) is -2.62. The van der Waals surface area contributed by atoms with Gasteiger partial charge in [0.2, 0.25) is 11.9 Å². The molecule has 10 heteroatoms. The Morgan fingerprint density at radius 3 is 2.40 bits per heavy atom. The Bertz CT molecular complexity index is 991. The Balaban J connectivity index is 1.42. The van der Waals surface area contributed by atoms with Gasteiger partial charge in [-0.2, -0.15) is 4.98 Å². The average molecular weight is 437 g/mol. The van der Waals surface area contributed by atoms with E-state index >= 15 is 0 Å². The number of nitrogens with one attached hydrogen (secondary N) is 1. The van der Waals surface area contributed by atoms with Crippen LogP contribution in [0.1, 0.15) is 25.5 Å². The minimum atomic E-state index is -1.45. The van der Waals surface area contributed by atoms with Crippen LogP contribution in [0.3, 0.4) is 0 Å². The number of aromatic nitrogens is 2. The molecule has 1 aromatic carbocycles. The van der Waals surface area contributed by atoms with Crippen molar-refractivity contribution in [2.24, 2.45) is 0 Å². The fourth-order valence-corrected chi connectivity index (χ4v) is 5.13. The number of nitrogens with zero attached hydrogens (tertiary/aromatic N) is 4. The average Bonchev–Trinajstić information content (AvgIpc) is 2.66. The van der Waals surface area contributed by atoms with Gasteiger partial charge < -0.3 is 15.1 Å². The third kappa shape index (κ3) is 3.57. The molecule has 0 spiro atoms. The predicted octanol–water partition coefficient (Wildman–Crippen LogP) is 3.74. The van der Waals surface area contributed by atoms with Crippen molar-refractivity contribution in [2.75, 3.05) is 29.2 Å². The van der Waals surface area contributed by atoms with Gasteiger partial charge in [0.15, 0.2) is 23.3 Å². The van der Waals surface area contributed by atoms with Crippen molar-refractivity contribution in [3.05, 3.63) is 35.3 Å². The Kier molecular flexibility index (Phi) is 5.29. The first-order valence-electron chi connectivity index (χ1n) is 9.62. The first kappa shape index (κ1) is 20.8. The van der Waals surface area contributed by atoms with Gasteiger partial charge >= 0.3 is 0 Å². The lowest BCUT2D eigenvalue weighted by Gasteiger charge is -2.38. The van der Waals surface area contributed by atoms with Gasteiger partial charge in [0.25, 0.3) is 0 Å². The summed E-state index contributed by atoms with van der Waals surface area (Å²) in [4.78, 5) is 25.3. The first-order valence-corrected chi connectivity index (χ1v) is 10.5. The summed E-state index contributed by atoms with van der Waals surface area (Å²) in [5, 5.41) is 3.47. The van der Waals surface area contributed by atoms with E-state index in [1.807, 2.05) is 25.8 Å². The van der Waals surface area contributed by atoms with E-state index < -0.39 is 17.5 Å². The molecule has 1 fully saturated rings. The van der Waals surface area contributed by atoms with Crippen LogP contribution in [-0.4, -0.2) is 47.3 Å². The zero-order chi connectivity index (χ0) is 21.7. The van der Waals surface area contributed by atoms with Crippen LogP contribution in [0.15, 0.2) is 17.0 Å². The van der Waals surface area contributed by atoms with Crippen LogP contribution in [0, 0.1) is 24.4 Å². The second kappa shape index (κ2) is 7.64. The maximum atomic E-state index is 13.4. The maximum absolute atomic E-state index is 13.4. The molecule has 1 saturated carbocycles. The van der Waals surface area contributed by atoms with Gasteiger partial charge in [0.05, 0.1) is 5.69 Å². The zero-order valence-electron chi connectivity index (χ0n) is 17.0. The molecule has 2 aliphatic rings. The number of anilines is 3. The van der Waals surface area contributed by atoms with Gasteiger partial charge in [-0.05, 0) is 38.8 Å². The number of amides is 1. The van der Waals surface area contributed by atoms with Gasteiger partial charge in [0.1, 0.15) is 11.7 Å². The molecule has 0 unspecified atom stereocenters. The highest BCUT2D eigenvalue weighted by Crippen LogP contribution is 2.40. The van der Waals surface area contributed by atoms with E-state index in [0.29, 0.717) is 28.0 Å². The van der Waals surface area contributed by atoms with Crippen LogP contribution in [-0.2, 0) is 4.79 Å². The summed E-state index contributed by atoms with van der Waals surface area (Å²) in [6, 6.07) is 1.86. The van der Waals surface area contributed by atoms with Crippen molar-refractivity contribution >= 4 is 35.1 Å². The predicted molar refractivity (Wildman–Crippen MR) is 111 cm³/mol. The van der Waals surface area contributed by atoms with Crippen molar-refractivity contribution in [3.63, 3.8) is 0 Å². The van der Waals surface area contributed by atoms with Crippen molar-refractivity contribution in [1.82, 2.24) is 9.97 Å². The van der Waals surface area contributed by atoms with Crippen molar-refractivity contribution in [1.29, 1.82) is 0 Å². The number of likely N-dealkylation sites (N-methyl/N-ethyl adjacent to an activating group) is 2. The van der Waals surface area contributed by atoms with Crippen LogP contribution < -0.4 is 15.1 Å². The minimum Gasteiger partial charge on any atom is -0.351 e. The highest BCUT2D eigenvalue weighted by molar-refractivity contribution is 8.00. The topological polar surface area (TPSA) is 61.4 Å². The van der Waals surface area contributed by atoms with E-state index in [1.165, 1.54) is 11.8 Å². The maximum Gasteiger partial charge on any atom is 0.249 e. The Hall–Kier alpha value is -2.49. The van der Waals surface area contributed by atoms with Crippen LogP contribution in [0.2, 0.25) is 0 Å². The van der Waals surface area contributed by atoms with E-state index in [2.05, 4.69) is 15.3 Å². The number of hydrogen-bond donors (Lipinski definition) is 1. The molecular formula is C20H22F3N5OS. The normalized spacial score (nSPS) is 23.3. The number of carbonyl (C=O) groups is 1. The number of fused-ring (bicyclic) bond motifs is 1. The molecular weight excluding hydrogens is 415 g/mol. The number of halogens is 3. The Labute approximate surface area is 176 Å². The standard InChI is InChI=1S/C20H22F3N5OS/c1-9-17-18(27(3)10(2)19(29)28(17)4)26-20(24-9)25-11-5-12(6-11)30-13-7-14(21)16(23)15(22)8-13/h7-8,10-12H,5-6H2,1-4H3,(H,24,25,26)/t10-,11-,12+/m0/s1. The van der Waals surface area contributed by atoms with Gasteiger partial charge in [0, 0.05) is 30.3 Å². The van der Waals surface area contributed by atoms with Gasteiger partial charge in [-0.15, -0.1) is 11.8 Å². The molecule has 0 saturated heterocycles. The quantitative estimate of drug-likeness (QED) is 0.736. The lowest BCUT2D eigenvalue weighted by molar-refractivity contribution is -0.119. The number of rotatable bonds is 4. The highest BCUT2D eigenvalue weighted by Gasteiger charge is 2.36. The third-order valence-corrected chi connectivity index (χ3v) is 6.89.